The molecule has 2 N–H and O–H groups in total. The summed E-state index contributed by atoms with van der Waals surface area (Å²) in [5, 5.41) is 0. The van der Waals surface area contributed by atoms with Gasteiger partial charge in [0, 0.05) is 0 Å². The van der Waals surface area contributed by atoms with Gasteiger partial charge >= 0.3 is 0 Å². The van der Waals surface area contributed by atoms with Gasteiger partial charge in [0.1, 0.15) is 5.67 Å². The van der Waals surface area contributed by atoms with Gasteiger partial charge in [-0.2, -0.15) is 0 Å². The fourth-order valence-electron chi connectivity index (χ4n) is 4.59. The molecule has 0 radical (unpaired) electrons. The van der Waals surface area contributed by atoms with Gasteiger partial charge in [0.25, 0.3) is 0 Å². The number of rotatable bonds is 1. The van der Waals surface area contributed by atoms with Crippen molar-refractivity contribution in [3.63, 3.8) is 0 Å². The van der Waals surface area contributed by atoms with Gasteiger partial charge in [0.05, 0.1) is 0 Å². The van der Waals surface area contributed by atoms with E-state index in [0.717, 1.165) is 38.1 Å². The van der Waals surface area contributed by atoms with Crippen molar-refractivity contribution in [2.45, 2.75) is 44.7 Å². The second-order valence-corrected chi connectivity index (χ2v) is 6.20. The Bertz CT molecular complexity index is 243. The molecule has 4 rings (SSSR count). The zero-order chi connectivity index (χ0) is 9.97. The molecule has 0 saturated heterocycles. The van der Waals surface area contributed by atoms with Gasteiger partial charge in [0.15, 0.2) is 0 Å². The van der Waals surface area contributed by atoms with Crippen LogP contribution in [0.3, 0.4) is 0 Å². The van der Waals surface area contributed by atoms with Crippen LogP contribution in [0.1, 0.15) is 39.0 Å². The van der Waals surface area contributed by atoms with Gasteiger partial charge in [0.2, 0.25) is 0 Å². The largest absolute Gasteiger partial charge is 0.330 e. The van der Waals surface area contributed by atoms with Crippen LogP contribution in [0, 0.1) is 23.2 Å². The van der Waals surface area contributed by atoms with E-state index in [0.29, 0.717) is 17.3 Å². The Morgan fingerprint density at radius 2 is 1.79 bits per heavy atom. The first-order chi connectivity index (χ1) is 6.56. The Hall–Kier alpha value is -0.110. The Balaban J connectivity index is 1.96. The molecule has 0 aliphatic heterocycles. The minimum Gasteiger partial charge on any atom is -0.330 e. The molecule has 2 atom stereocenters. The number of hydrogen-bond donors (Lipinski definition) is 1. The minimum atomic E-state index is -0.879. The highest BCUT2D eigenvalue weighted by Gasteiger charge is 2.60. The first-order valence-electron chi connectivity index (χ1n) is 5.95. The van der Waals surface area contributed by atoms with E-state index >= 15 is 0 Å². The van der Waals surface area contributed by atoms with E-state index in [1.165, 1.54) is 6.42 Å². The molecule has 80 valence electrons. The summed E-state index contributed by atoms with van der Waals surface area (Å²) in [5.41, 5.74) is 5.35. The third kappa shape index (κ3) is 0.982. The molecule has 14 heavy (non-hydrogen) atoms. The van der Waals surface area contributed by atoms with Crippen LogP contribution in [0.2, 0.25) is 0 Å². The van der Waals surface area contributed by atoms with Gasteiger partial charge in [-0.05, 0) is 68.7 Å². The van der Waals surface area contributed by atoms with E-state index in [9.17, 15) is 4.39 Å². The van der Waals surface area contributed by atoms with Gasteiger partial charge in [-0.15, -0.1) is 0 Å². The number of alkyl halides is 1. The summed E-state index contributed by atoms with van der Waals surface area (Å²) in [7, 11) is 0. The van der Waals surface area contributed by atoms with Crippen molar-refractivity contribution < 1.29 is 4.39 Å². The zero-order valence-electron chi connectivity index (χ0n) is 8.93. The maximum absolute atomic E-state index is 14.4. The monoisotopic (exact) mass is 197 g/mol. The highest BCUT2D eigenvalue weighted by molar-refractivity contribution is 5.10. The first-order valence-corrected chi connectivity index (χ1v) is 5.95. The van der Waals surface area contributed by atoms with Gasteiger partial charge in [-0.1, -0.05) is 0 Å². The topological polar surface area (TPSA) is 26.0 Å². The van der Waals surface area contributed by atoms with E-state index in [1.54, 1.807) is 0 Å². The number of nitrogens with two attached hydrogens (primary N) is 1. The maximum atomic E-state index is 14.4. The van der Waals surface area contributed by atoms with E-state index in [4.69, 9.17) is 5.73 Å². The number of hydrogen-bond acceptors (Lipinski definition) is 1. The Morgan fingerprint density at radius 1 is 1.21 bits per heavy atom. The van der Waals surface area contributed by atoms with E-state index in [1.807, 2.05) is 6.92 Å². The van der Waals surface area contributed by atoms with Crippen molar-refractivity contribution in [1.29, 1.82) is 0 Å². The number of halogens is 1. The molecule has 4 saturated carbocycles. The third-order valence-electron chi connectivity index (χ3n) is 5.35. The van der Waals surface area contributed by atoms with Crippen LogP contribution < -0.4 is 5.73 Å². The van der Waals surface area contributed by atoms with Gasteiger partial charge < -0.3 is 5.73 Å². The quantitative estimate of drug-likeness (QED) is 0.686. The smallest absolute Gasteiger partial charge is 0.114 e. The molecule has 1 nitrogen and oxygen atoms in total. The highest BCUT2D eigenvalue weighted by atomic mass is 19.1. The molecule has 0 amide bonds. The lowest BCUT2D eigenvalue weighted by atomic mass is 9.45. The molecule has 2 heteroatoms. The molecule has 0 aromatic carbocycles. The van der Waals surface area contributed by atoms with Crippen LogP contribution in [0.4, 0.5) is 4.39 Å². The highest BCUT2D eigenvalue weighted by Crippen LogP contribution is 2.64. The predicted octanol–water partition coefficient (Wildman–Crippen LogP) is 2.50. The van der Waals surface area contributed by atoms with Crippen molar-refractivity contribution in [1.82, 2.24) is 0 Å². The second kappa shape index (κ2) is 2.52. The lowest BCUT2D eigenvalue weighted by Crippen LogP contribution is -2.59. The third-order valence-corrected chi connectivity index (χ3v) is 5.35. The average Bonchev–Trinajstić information content (AvgIpc) is 2.14. The summed E-state index contributed by atoms with van der Waals surface area (Å²) in [6.07, 6.45) is 5.66. The normalized spacial score (nSPS) is 60.6. The first kappa shape index (κ1) is 9.14. The van der Waals surface area contributed by atoms with Crippen LogP contribution >= 0.6 is 0 Å². The molecular weight excluding hydrogens is 177 g/mol. The molecule has 0 heterocycles. The molecule has 0 aromatic heterocycles. The van der Waals surface area contributed by atoms with Gasteiger partial charge in [-0.3, -0.25) is 0 Å². The van der Waals surface area contributed by atoms with Crippen molar-refractivity contribution in [2.75, 3.05) is 6.54 Å². The summed E-state index contributed by atoms with van der Waals surface area (Å²) in [4.78, 5) is 0. The second-order valence-electron chi connectivity index (χ2n) is 6.20. The van der Waals surface area contributed by atoms with Crippen molar-refractivity contribution in [3.8, 4) is 0 Å². The van der Waals surface area contributed by atoms with E-state index in [-0.39, 0.29) is 0 Å². The lowest BCUT2D eigenvalue weighted by Gasteiger charge is -2.61. The van der Waals surface area contributed by atoms with Crippen molar-refractivity contribution in [2.24, 2.45) is 28.9 Å². The van der Waals surface area contributed by atoms with Crippen LogP contribution in [-0.2, 0) is 0 Å². The molecule has 4 aliphatic carbocycles. The van der Waals surface area contributed by atoms with Crippen LogP contribution in [0.15, 0.2) is 0 Å². The lowest BCUT2D eigenvalue weighted by molar-refractivity contribution is -0.151. The van der Waals surface area contributed by atoms with E-state index < -0.39 is 5.67 Å². The molecule has 0 spiro atoms. The molecule has 2 unspecified atom stereocenters. The summed E-state index contributed by atoms with van der Waals surface area (Å²) in [6, 6.07) is 0. The zero-order valence-corrected chi connectivity index (χ0v) is 8.93. The standard InChI is InChI=1S/C12H20FN/c1-11(13)9-2-8-3-10(11)6-12(4-8,5-9)7-14/h8-10H,2-7,14H2,1H3. The minimum absolute atomic E-state index is 0.317. The molecule has 4 bridgehead atoms. The average molecular weight is 197 g/mol. The van der Waals surface area contributed by atoms with Crippen molar-refractivity contribution in [3.05, 3.63) is 0 Å². The van der Waals surface area contributed by atoms with E-state index in [2.05, 4.69) is 0 Å². The Labute approximate surface area is 85.2 Å². The maximum Gasteiger partial charge on any atom is 0.114 e. The fourth-order valence-corrected chi connectivity index (χ4v) is 4.59. The summed E-state index contributed by atoms with van der Waals surface area (Å²) in [5.74, 6) is 1.43. The molecule has 4 fully saturated rings. The summed E-state index contributed by atoms with van der Waals surface area (Å²) >= 11 is 0. The summed E-state index contributed by atoms with van der Waals surface area (Å²) in [6.45, 7) is 2.62. The predicted molar refractivity (Wildman–Crippen MR) is 54.6 cm³/mol. The Kier molecular flexibility index (Phi) is 1.65. The molecular formula is C12H20FN. The van der Waals surface area contributed by atoms with Gasteiger partial charge in [-0.25, -0.2) is 4.39 Å². The molecule has 0 aromatic rings. The van der Waals surface area contributed by atoms with Crippen LogP contribution in [0.5, 0.6) is 0 Å². The Morgan fingerprint density at radius 3 is 2.29 bits per heavy atom. The van der Waals surface area contributed by atoms with Crippen LogP contribution in [0.25, 0.3) is 0 Å². The van der Waals surface area contributed by atoms with Crippen molar-refractivity contribution >= 4 is 0 Å². The fraction of sp³-hybridized carbons (Fsp3) is 1.00. The SMILES string of the molecule is CC1(F)C2CC3CC1CC(CN)(C3)C2. The molecule has 4 aliphatic rings. The summed E-state index contributed by atoms with van der Waals surface area (Å²) < 4.78 is 14.4. The van der Waals surface area contributed by atoms with Crippen LogP contribution in [-0.4, -0.2) is 12.2 Å².